The maximum atomic E-state index is 12.2. The molecule has 0 atom stereocenters. The average molecular weight is 279 g/mol. The lowest BCUT2D eigenvalue weighted by Gasteiger charge is -2.32. The summed E-state index contributed by atoms with van der Waals surface area (Å²) >= 11 is 0. The molecule has 1 fully saturated rings. The van der Waals surface area contributed by atoms with Gasteiger partial charge in [-0.15, -0.1) is 0 Å². The highest BCUT2D eigenvalue weighted by Crippen LogP contribution is 2.16. The van der Waals surface area contributed by atoms with Gasteiger partial charge in [0.1, 0.15) is 5.75 Å². The Bertz CT molecular complexity index is 441. The van der Waals surface area contributed by atoms with Crippen molar-refractivity contribution in [2.75, 3.05) is 26.3 Å². The number of likely N-dealkylation sites (tertiary alicyclic amines) is 1. The predicted octanol–water partition coefficient (Wildman–Crippen LogP) is 0.935. The normalized spacial score (nSPS) is 16.4. The molecule has 1 heterocycles. The van der Waals surface area contributed by atoms with Crippen molar-refractivity contribution in [3.63, 3.8) is 0 Å². The molecule has 1 amide bonds. The lowest BCUT2D eigenvalue weighted by molar-refractivity contribution is -0.133. The Labute approximate surface area is 118 Å². The molecule has 5 nitrogen and oxygen atoms in total. The molecule has 1 aromatic rings. The summed E-state index contributed by atoms with van der Waals surface area (Å²) in [7, 11) is 0. The van der Waals surface area contributed by atoms with Crippen LogP contribution >= 0.6 is 0 Å². The van der Waals surface area contributed by atoms with Crippen molar-refractivity contribution in [1.29, 1.82) is 0 Å². The number of hydrogen-bond acceptors (Lipinski definition) is 4. The maximum absolute atomic E-state index is 12.2. The van der Waals surface area contributed by atoms with Crippen LogP contribution in [0.2, 0.25) is 0 Å². The number of amides is 1. The number of carbonyl (C=O) groups excluding carboxylic acids is 1. The Hall–Kier alpha value is -1.59. The minimum absolute atomic E-state index is 0.0383. The number of aliphatic hydroxyl groups is 1. The molecule has 0 aromatic heterocycles. The zero-order valence-corrected chi connectivity index (χ0v) is 11.5. The van der Waals surface area contributed by atoms with Crippen LogP contribution in [0.25, 0.3) is 0 Å². The summed E-state index contributed by atoms with van der Waals surface area (Å²) < 4.78 is 5.47. The Balaban J connectivity index is 1.80. The van der Waals surface area contributed by atoms with Crippen LogP contribution in [0.15, 0.2) is 24.3 Å². The second-order valence-corrected chi connectivity index (χ2v) is 5.02. The summed E-state index contributed by atoms with van der Waals surface area (Å²) in [6.45, 7) is 1.78. The van der Waals surface area contributed by atoms with Crippen molar-refractivity contribution in [2.24, 2.45) is 0 Å². The standard InChI is InChI=1S/C15H21NO4/c17-8-9-20-14-4-6-16(7-5-14)15(19)11-12-2-1-3-13(18)10-12/h1-3,10,14,17-18H,4-9,11H2. The summed E-state index contributed by atoms with van der Waals surface area (Å²) in [4.78, 5) is 14.0. The number of ether oxygens (including phenoxy) is 1. The van der Waals surface area contributed by atoms with Crippen LogP contribution in [-0.4, -0.2) is 53.4 Å². The Morgan fingerprint density at radius 3 is 2.75 bits per heavy atom. The van der Waals surface area contributed by atoms with Gasteiger partial charge in [0.05, 0.1) is 25.7 Å². The van der Waals surface area contributed by atoms with E-state index < -0.39 is 0 Å². The summed E-state index contributed by atoms with van der Waals surface area (Å²) in [5, 5.41) is 18.1. The van der Waals surface area contributed by atoms with E-state index in [2.05, 4.69) is 0 Å². The van der Waals surface area contributed by atoms with Crippen LogP contribution in [-0.2, 0) is 16.0 Å². The first-order chi connectivity index (χ1) is 9.69. The van der Waals surface area contributed by atoms with E-state index >= 15 is 0 Å². The van der Waals surface area contributed by atoms with Gasteiger partial charge in [-0.25, -0.2) is 0 Å². The summed E-state index contributed by atoms with van der Waals surface area (Å²) in [5.74, 6) is 0.266. The number of rotatable bonds is 5. The van der Waals surface area contributed by atoms with Crippen molar-refractivity contribution < 1.29 is 19.7 Å². The van der Waals surface area contributed by atoms with Gasteiger partial charge < -0.3 is 19.8 Å². The fourth-order valence-corrected chi connectivity index (χ4v) is 2.44. The largest absolute Gasteiger partial charge is 0.508 e. The second-order valence-electron chi connectivity index (χ2n) is 5.02. The van der Waals surface area contributed by atoms with Gasteiger partial charge in [-0.05, 0) is 30.5 Å². The quantitative estimate of drug-likeness (QED) is 0.841. The molecule has 0 bridgehead atoms. The molecule has 1 aliphatic rings. The minimum atomic E-state index is 0.0383. The molecule has 0 spiro atoms. The molecule has 20 heavy (non-hydrogen) atoms. The number of phenolic OH excluding ortho intramolecular Hbond substituents is 1. The first-order valence-electron chi connectivity index (χ1n) is 6.97. The van der Waals surface area contributed by atoms with E-state index in [0.29, 0.717) is 26.1 Å². The van der Waals surface area contributed by atoms with Crippen LogP contribution in [0.4, 0.5) is 0 Å². The van der Waals surface area contributed by atoms with Crippen molar-refractivity contribution >= 4 is 5.91 Å². The van der Waals surface area contributed by atoms with Crippen molar-refractivity contribution in [2.45, 2.75) is 25.4 Å². The summed E-state index contributed by atoms with van der Waals surface area (Å²) in [5.41, 5.74) is 0.827. The summed E-state index contributed by atoms with van der Waals surface area (Å²) in [6.07, 6.45) is 2.08. The zero-order valence-electron chi connectivity index (χ0n) is 11.5. The Morgan fingerprint density at radius 2 is 2.10 bits per heavy atom. The molecule has 110 valence electrons. The fraction of sp³-hybridized carbons (Fsp3) is 0.533. The number of benzene rings is 1. The molecule has 2 rings (SSSR count). The molecule has 5 heteroatoms. The number of aliphatic hydroxyl groups excluding tert-OH is 1. The maximum Gasteiger partial charge on any atom is 0.226 e. The van der Waals surface area contributed by atoms with Gasteiger partial charge in [-0.2, -0.15) is 0 Å². The van der Waals surface area contributed by atoms with E-state index in [-0.39, 0.29) is 24.4 Å². The third kappa shape index (κ3) is 4.21. The van der Waals surface area contributed by atoms with E-state index in [1.54, 1.807) is 18.2 Å². The highest BCUT2D eigenvalue weighted by atomic mass is 16.5. The fourth-order valence-electron chi connectivity index (χ4n) is 2.44. The van der Waals surface area contributed by atoms with Gasteiger partial charge >= 0.3 is 0 Å². The number of piperidine rings is 1. The molecule has 1 aliphatic heterocycles. The molecule has 0 radical (unpaired) electrons. The van der Waals surface area contributed by atoms with Gasteiger partial charge in [-0.1, -0.05) is 12.1 Å². The number of aromatic hydroxyl groups is 1. The van der Waals surface area contributed by atoms with Crippen LogP contribution in [0.3, 0.4) is 0 Å². The zero-order chi connectivity index (χ0) is 14.4. The third-order valence-electron chi connectivity index (χ3n) is 3.51. The molecule has 1 aromatic carbocycles. The topological polar surface area (TPSA) is 70.0 Å². The molecule has 0 saturated carbocycles. The van der Waals surface area contributed by atoms with Gasteiger partial charge in [0, 0.05) is 13.1 Å². The van der Waals surface area contributed by atoms with Crippen LogP contribution in [0.5, 0.6) is 5.75 Å². The molecule has 0 aliphatic carbocycles. The smallest absolute Gasteiger partial charge is 0.226 e. The number of hydrogen-bond donors (Lipinski definition) is 2. The number of phenols is 1. The van der Waals surface area contributed by atoms with Crippen LogP contribution in [0.1, 0.15) is 18.4 Å². The van der Waals surface area contributed by atoms with Gasteiger partial charge in [0.15, 0.2) is 0 Å². The van der Waals surface area contributed by atoms with E-state index in [4.69, 9.17) is 9.84 Å². The molecule has 0 unspecified atom stereocenters. The Kier molecular flexibility index (Phi) is 5.38. The third-order valence-corrected chi connectivity index (χ3v) is 3.51. The number of nitrogens with zero attached hydrogens (tertiary/aromatic N) is 1. The predicted molar refractivity (Wildman–Crippen MR) is 74.5 cm³/mol. The molecule has 2 N–H and O–H groups in total. The first-order valence-corrected chi connectivity index (χ1v) is 6.97. The molecule has 1 saturated heterocycles. The van der Waals surface area contributed by atoms with Gasteiger partial charge in [0.2, 0.25) is 5.91 Å². The van der Waals surface area contributed by atoms with Gasteiger partial charge in [-0.3, -0.25) is 4.79 Å². The SMILES string of the molecule is O=C(Cc1cccc(O)c1)N1CCC(OCCO)CC1. The Morgan fingerprint density at radius 1 is 1.35 bits per heavy atom. The highest BCUT2D eigenvalue weighted by Gasteiger charge is 2.23. The van der Waals surface area contributed by atoms with Crippen molar-refractivity contribution in [3.05, 3.63) is 29.8 Å². The average Bonchev–Trinajstić information content (AvgIpc) is 2.45. The second kappa shape index (κ2) is 7.26. The minimum Gasteiger partial charge on any atom is -0.508 e. The lowest BCUT2D eigenvalue weighted by Crippen LogP contribution is -2.41. The summed E-state index contributed by atoms with van der Waals surface area (Å²) in [6, 6.07) is 6.80. The van der Waals surface area contributed by atoms with E-state index in [9.17, 15) is 9.90 Å². The molecular formula is C15H21NO4. The van der Waals surface area contributed by atoms with E-state index in [0.717, 1.165) is 18.4 Å². The monoisotopic (exact) mass is 279 g/mol. The van der Waals surface area contributed by atoms with Crippen molar-refractivity contribution in [3.8, 4) is 5.75 Å². The number of carbonyl (C=O) groups is 1. The van der Waals surface area contributed by atoms with E-state index in [1.807, 2.05) is 11.0 Å². The first kappa shape index (κ1) is 14.8. The van der Waals surface area contributed by atoms with Crippen LogP contribution < -0.4 is 0 Å². The lowest BCUT2D eigenvalue weighted by atomic mass is 10.1. The van der Waals surface area contributed by atoms with E-state index in [1.165, 1.54) is 0 Å². The van der Waals surface area contributed by atoms with Crippen LogP contribution in [0, 0.1) is 0 Å². The highest BCUT2D eigenvalue weighted by molar-refractivity contribution is 5.79. The van der Waals surface area contributed by atoms with Gasteiger partial charge in [0.25, 0.3) is 0 Å². The van der Waals surface area contributed by atoms with Crippen molar-refractivity contribution in [1.82, 2.24) is 4.90 Å². The molecular weight excluding hydrogens is 258 g/mol.